The molecule has 7 heteroatoms. The fourth-order valence-corrected chi connectivity index (χ4v) is 1.52. The summed E-state index contributed by atoms with van der Waals surface area (Å²) in [4.78, 5) is 23.3. The molecule has 1 rings (SSSR count). The summed E-state index contributed by atoms with van der Waals surface area (Å²) in [6.45, 7) is 4.32. The first kappa shape index (κ1) is 16.0. The standard InChI is InChI=1S/C13H17FN2O4/c1-9(2)20-7-6-15(3)13(17)11-8-10(16(18)19)4-5-12(11)14/h4-5,8-9H,6-7H2,1-3H3. The largest absolute Gasteiger partial charge is 0.377 e. The summed E-state index contributed by atoms with van der Waals surface area (Å²) in [7, 11) is 1.49. The number of hydrogen-bond donors (Lipinski definition) is 0. The highest BCUT2D eigenvalue weighted by atomic mass is 19.1. The molecule has 1 aromatic carbocycles. The van der Waals surface area contributed by atoms with Gasteiger partial charge in [0.25, 0.3) is 11.6 Å². The second kappa shape index (κ2) is 6.95. The number of benzene rings is 1. The van der Waals surface area contributed by atoms with E-state index < -0.39 is 16.6 Å². The van der Waals surface area contributed by atoms with E-state index in [0.717, 1.165) is 18.2 Å². The lowest BCUT2D eigenvalue weighted by Crippen LogP contribution is -2.31. The molecule has 0 saturated carbocycles. The molecule has 0 bridgehead atoms. The van der Waals surface area contributed by atoms with E-state index in [9.17, 15) is 19.3 Å². The number of nitro benzene ring substituents is 1. The van der Waals surface area contributed by atoms with Crippen molar-refractivity contribution in [3.8, 4) is 0 Å². The average Bonchev–Trinajstić information content (AvgIpc) is 2.37. The SMILES string of the molecule is CC(C)OCCN(C)C(=O)c1cc([N+](=O)[O-])ccc1F. The number of amides is 1. The molecule has 0 unspecified atom stereocenters. The number of rotatable bonds is 6. The maximum atomic E-state index is 13.6. The minimum absolute atomic E-state index is 0.0352. The first-order valence-electron chi connectivity index (χ1n) is 6.14. The second-order valence-electron chi connectivity index (χ2n) is 4.57. The normalized spacial score (nSPS) is 10.7. The fourth-order valence-electron chi connectivity index (χ4n) is 1.52. The summed E-state index contributed by atoms with van der Waals surface area (Å²) >= 11 is 0. The number of likely N-dealkylation sites (N-methyl/N-ethyl adjacent to an activating group) is 1. The van der Waals surface area contributed by atoms with Gasteiger partial charge < -0.3 is 9.64 Å². The fraction of sp³-hybridized carbons (Fsp3) is 0.462. The van der Waals surface area contributed by atoms with E-state index in [1.807, 2.05) is 13.8 Å². The molecule has 1 aromatic rings. The van der Waals surface area contributed by atoms with Gasteiger partial charge in [0.1, 0.15) is 5.82 Å². The van der Waals surface area contributed by atoms with Crippen LogP contribution in [0.1, 0.15) is 24.2 Å². The monoisotopic (exact) mass is 284 g/mol. The minimum atomic E-state index is -0.780. The quantitative estimate of drug-likeness (QED) is 0.593. The first-order valence-corrected chi connectivity index (χ1v) is 6.14. The summed E-state index contributed by atoms with van der Waals surface area (Å²) in [5, 5.41) is 10.6. The van der Waals surface area contributed by atoms with E-state index in [0.29, 0.717) is 6.61 Å². The molecule has 0 N–H and O–H groups in total. The molecule has 0 aliphatic rings. The number of hydrogen-bond acceptors (Lipinski definition) is 4. The van der Waals surface area contributed by atoms with E-state index in [2.05, 4.69) is 0 Å². The predicted octanol–water partition coefficient (Wildman–Crippen LogP) is 2.23. The molecule has 0 spiro atoms. The molecule has 0 saturated heterocycles. The van der Waals surface area contributed by atoms with Crippen molar-refractivity contribution in [1.29, 1.82) is 0 Å². The second-order valence-corrected chi connectivity index (χ2v) is 4.57. The molecule has 0 aliphatic heterocycles. The molecular formula is C13H17FN2O4. The molecule has 0 aromatic heterocycles. The van der Waals surface area contributed by atoms with Gasteiger partial charge in [-0.25, -0.2) is 4.39 Å². The number of non-ortho nitro benzene ring substituents is 1. The Morgan fingerprint density at radius 2 is 2.15 bits per heavy atom. The predicted molar refractivity (Wildman–Crippen MR) is 71.1 cm³/mol. The Bertz CT molecular complexity index is 505. The van der Waals surface area contributed by atoms with Crippen LogP contribution in [0.3, 0.4) is 0 Å². The Hall–Kier alpha value is -2.02. The highest BCUT2D eigenvalue weighted by Gasteiger charge is 2.19. The smallest absolute Gasteiger partial charge is 0.270 e. The van der Waals surface area contributed by atoms with Crippen molar-refractivity contribution in [2.75, 3.05) is 20.2 Å². The molecule has 20 heavy (non-hydrogen) atoms. The van der Waals surface area contributed by atoms with Gasteiger partial charge in [-0.3, -0.25) is 14.9 Å². The lowest BCUT2D eigenvalue weighted by atomic mass is 10.1. The molecule has 110 valence electrons. The van der Waals surface area contributed by atoms with Crippen LogP contribution in [0.5, 0.6) is 0 Å². The third-order valence-electron chi connectivity index (χ3n) is 2.62. The van der Waals surface area contributed by atoms with Gasteiger partial charge in [-0.2, -0.15) is 0 Å². The molecule has 0 atom stereocenters. The number of halogens is 1. The van der Waals surface area contributed by atoms with Crippen LogP contribution in [-0.2, 0) is 4.74 Å². The number of carbonyl (C=O) groups excluding carboxylic acids is 1. The minimum Gasteiger partial charge on any atom is -0.377 e. The van der Waals surface area contributed by atoms with E-state index >= 15 is 0 Å². The first-order chi connectivity index (χ1) is 9.32. The molecule has 1 amide bonds. The number of nitro groups is 1. The van der Waals surface area contributed by atoms with Crippen LogP contribution in [0.25, 0.3) is 0 Å². The number of carbonyl (C=O) groups is 1. The van der Waals surface area contributed by atoms with Crippen molar-refractivity contribution in [1.82, 2.24) is 4.90 Å². The summed E-state index contributed by atoms with van der Waals surface area (Å²) < 4.78 is 18.9. The lowest BCUT2D eigenvalue weighted by molar-refractivity contribution is -0.384. The van der Waals surface area contributed by atoms with Crippen molar-refractivity contribution in [3.05, 3.63) is 39.7 Å². The Balaban J connectivity index is 2.80. The highest BCUT2D eigenvalue weighted by Crippen LogP contribution is 2.18. The van der Waals surface area contributed by atoms with Crippen molar-refractivity contribution < 1.29 is 18.8 Å². The molecule has 0 heterocycles. The van der Waals surface area contributed by atoms with Crippen molar-refractivity contribution >= 4 is 11.6 Å². The third-order valence-corrected chi connectivity index (χ3v) is 2.62. The van der Waals surface area contributed by atoms with E-state index in [4.69, 9.17) is 4.74 Å². The zero-order valence-electron chi connectivity index (χ0n) is 11.6. The molecule has 6 nitrogen and oxygen atoms in total. The van der Waals surface area contributed by atoms with Gasteiger partial charge in [0.05, 0.1) is 23.2 Å². The van der Waals surface area contributed by atoms with E-state index in [1.165, 1.54) is 11.9 Å². The number of ether oxygens (including phenoxy) is 1. The zero-order valence-corrected chi connectivity index (χ0v) is 11.6. The summed E-state index contributed by atoms with van der Waals surface area (Å²) in [5.41, 5.74) is -0.632. The topological polar surface area (TPSA) is 72.7 Å². The maximum Gasteiger partial charge on any atom is 0.270 e. The van der Waals surface area contributed by atoms with Crippen LogP contribution >= 0.6 is 0 Å². The van der Waals surface area contributed by atoms with Gasteiger partial charge >= 0.3 is 0 Å². The summed E-state index contributed by atoms with van der Waals surface area (Å²) in [6, 6.07) is 2.88. The van der Waals surface area contributed by atoms with Crippen molar-refractivity contribution in [3.63, 3.8) is 0 Å². The van der Waals surface area contributed by atoms with E-state index in [1.54, 1.807) is 0 Å². The molecule has 0 aliphatic carbocycles. The van der Waals surface area contributed by atoms with Gasteiger partial charge in [0, 0.05) is 25.7 Å². The average molecular weight is 284 g/mol. The molecule has 0 radical (unpaired) electrons. The molecule has 0 fully saturated rings. The van der Waals surface area contributed by atoms with Crippen molar-refractivity contribution in [2.45, 2.75) is 20.0 Å². The summed E-state index contributed by atoms with van der Waals surface area (Å²) in [6.07, 6.45) is 0.0352. The molecular weight excluding hydrogens is 267 g/mol. The van der Waals surface area contributed by atoms with Gasteiger partial charge in [0.2, 0.25) is 0 Å². The van der Waals surface area contributed by atoms with Crippen LogP contribution in [0, 0.1) is 15.9 Å². The third kappa shape index (κ3) is 4.27. The van der Waals surface area contributed by atoms with Crippen LogP contribution < -0.4 is 0 Å². The van der Waals surface area contributed by atoms with Crippen LogP contribution in [-0.4, -0.2) is 42.0 Å². The van der Waals surface area contributed by atoms with E-state index in [-0.39, 0.29) is 23.9 Å². The Labute approximate surface area is 116 Å². The van der Waals surface area contributed by atoms with Gasteiger partial charge in [-0.15, -0.1) is 0 Å². The van der Waals surface area contributed by atoms with Gasteiger partial charge in [-0.1, -0.05) is 0 Å². The highest BCUT2D eigenvalue weighted by molar-refractivity contribution is 5.95. The Kier molecular flexibility index (Phi) is 5.57. The van der Waals surface area contributed by atoms with Crippen molar-refractivity contribution in [2.24, 2.45) is 0 Å². The Morgan fingerprint density at radius 1 is 1.50 bits per heavy atom. The Morgan fingerprint density at radius 3 is 2.70 bits per heavy atom. The lowest BCUT2D eigenvalue weighted by Gasteiger charge is -2.18. The zero-order chi connectivity index (χ0) is 15.3. The summed E-state index contributed by atoms with van der Waals surface area (Å²) in [5.74, 6) is -1.39. The van der Waals surface area contributed by atoms with Crippen LogP contribution in [0.4, 0.5) is 10.1 Å². The van der Waals surface area contributed by atoms with Gasteiger partial charge in [0.15, 0.2) is 0 Å². The van der Waals surface area contributed by atoms with Gasteiger partial charge in [-0.05, 0) is 19.9 Å². The van der Waals surface area contributed by atoms with Crippen LogP contribution in [0.2, 0.25) is 0 Å². The maximum absolute atomic E-state index is 13.6. The van der Waals surface area contributed by atoms with Crippen LogP contribution in [0.15, 0.2) is 18.2 Å². The number of nitrogens with zero attached hydrogens (tertiary/aromatic N) is 2.